The number of amidine groups is 1. The number of benzene rings is 2. The molecule has 0 spiro atoms. The van der Waals surface area contributed by atoms with Crippen LogP contribution in [0.25, 0.3) is 0 Å². The second-order valence-electron chi connectivity index (χ2n) is 5.79. The predicted octanol–water partition coefficient (Wildman–Crippen LogP) is 3.78. The Morgan fingerprint density at radius 3 is 2.42 bits per heavy atom. The van der Waals surface area contributed by atoms with E-state index in [9.17, 15) is 4.79 Å². The van der Waals surface area contributed by atoms with Crippen molar-refractivity contribution in [2.45, 2.75) is 20.4 Å². The van der Waals surface area contributed by atoms with Gasteiger partial charge >= 0.3 is 0 Å². The first-order chi connectivity index (χ1) is 12.1. The summed E-state index contributed by atoms with van der Waals surface area (Å²) in [5, 5.41) is 8.36. The van der Waals surface area contributed by atoms with Crippen LogP contribution >= 0.6 is 0 Å². The zero-order valence-corrected chi connectivity index (χ0v) is 17.4. The monoisotopic (exact) mass is 528 g/mol. The molecule has 0 atom stereocenters. The van der Waals surface area contributed by atoms with Gasteiger partial charge in [0.05, 0.1) is 5.76 Å². The van der Waals surface area contributed by atoms with Crippen molar-refractivity contribution >= 4 is 11.6 Å². The number of rotatable bonds is 4. The van der Waals surface area contributed by atoms with E-state index < -0.39 is 0 Å². The molecule has 0 amide bonds. The molecule has 0 fully saturated rings. The maximum Gasteiger partial charge on any atom is 0.155 e. The molecule has 0 aliphatic carbocycles. The largest absolute Gasteiger partial charge is 0.512 e. The zero-order valence-electron chi connectivity index (χ0n) is 15.0. The summed E-state index contributed by atoms with van der Waals surface area (Å²) in [7, 11) is 0. The Morgan fingerprint density at radius 2 is 1.88 bits per heavy atom. The van der Waals surface area contributed by atoms with Crippen LogP contribution in [0.2, 0.25) is 0 Å². The fraction of sp³-hybridized carbons (Fsp3) is 0.238. The van der Waals surface area contributed by atoms with Gasteiger partial charge in [-0.3, -0.25) is 4.79 Å². The minimum atomic E-state index is -0.125. The Bertz CT molecular complexity index is 739. The van der Waals surface area contributed by atoms with Gasteiger partial charge in [-0.05, 0) is 19.4 Å². The van der Waals surface area contributed by atoms with Crippen LogP contribution in [-0.4, -0.2) is 34.7 Å². The molecule has 0 bridgehead atoms. The van der Waals surface area contributed by atoms with E-state index >= 15 is 0 Å². The predicted molar refractivity (Wildman–Crippen MR) is 101 cm³/mol. The number of hydrogen-bond donors (Lipinski definition) is 1. The van der Waals surface area contributed by atoms with Crippen molar-refractivity contribution in [3.05, 3.63) is 83.6 Å². The molecule has 3 rings (SSSR count). The number of allylic oxidation sites excluding steroid dienone is 2. The number of carbonyl (C=O) groups is 1. The number of ketones is 1. The zero-order chi connectivity index (χ0) is 18.1. The third-order valence-electron chi connectivity index (χ3n) is 3.51. The third-order valence-corrected chi connectivity index (χ3v) is 3.51. The average Bonchev–Trinajstić information content (AvgIpc) is 3.04. The molecule has 4 nitrogen and oxygen atoms in total. The number of aliphatic imine (C=N–C) groups is 1. The normalized spacial score (nSPS) is 13.2. The van der Waals surface area contributed by atoms with Crippen LogP contribution in [0.4, 0.5) is 0 Å². The van der Waals surface area contributed by atoms with Gasteiger partial charge < -0.3 is 15.0 Å². The summed E-state index contributed by atoms with van der Waals surface area (Å²) in [5.74, 6) is 1.01. The van der Waals surface area contributed by atoms with Crippen LogP contribution in [-0.2, 0) is 31.4 Å². The van der Waals surface area contributed by atoms with E-state index in [1.165, 1.54) is 25.5 Å². The van der Waals surface area contributed by atoms with Gasteiger partial charge in [0.25, 0.3) is 0 Å². The van der Waals surface area contributed by atoms with Gasteiger partial charge in [0, 0.05) is 51.7 Å². The summed E-state index contributed by atoms with van der Waals surface area (Å²) in [6, 6.07) is 21.8. The fourth-order valence-electron chi connectivity index (χ4n) is 2.52. The molecule has 0 unspecified atom stereocenters. The molecule has 0 aromatic heterocycles. The van der Waals surface area contributed by atoms with Crippen molar-refractivity contribution in [3.63, 3.8) is 0 Å². The van der Waals surface area contributed by atoms with Crippen molar-refractivity contribution in [1.29, 1.82) is 0 Å². The van der Waals surface area contributed by atoms with Crippen LogP contribution in [0.1, 0.15) is 25.0 Å². The number of nitrogens with zero attached hydrogens (tertiary/aromatic N) is 2. The average molecular weight is 528 g/mol. The van der Waals surface area contributed by atoms with Crippen molar-refractivity contribution in [1.82, 2.24) is 4.90 Å². The summed E-state index contributed by atoms with van der Waals surface area (Å²) < 4.78 is 0. The molecular formula is C21H23IrN2O2-. The van der Waals surface area contributed by atoms with Gasteiger partial charge in [0.15, 0.2) is 5.78 Å². The van der Waals surface area contributed by atoms with Gasteiger partial charge in [-0.1, -0.05) is 30.3 Å². The molecule has 2 aromatic rings. The number of aliphatic hydroxyl groups excluding tert-OH is 1. The van der Waals surface area contributed by atoms with Crippen molar-refractivity contribution in [2.24, 2.45) is 4.99 Å². The molecule has 0 saturated heterocycles. The smallest absolute Gasteiger partial charge is 0.155 e. The van der Waals surface area contributed by atoms with E-state index in [0.29, 0.717) is 0 Å². The van der Waals surface area contributed by atoms with Gasteiger partial charge in [-0.2, -0.15) is 0 Å². The molecule has 1 heterocycles. The van der Waals surface area contributed by atoms with Crippen LogP contribution < -0.4 is 0 Å². The van der Waals surface area contributed by atoms with Crippen molar-refractivity contribution in [2.75, 3.05) is 13.1 Å². The summed E-state index contributed by atoms with van der Waals surface area (Å²) >= 11 is 0. The second kappa shape index (κ2) is 11.4. The molecule has 2 aromatic carbocycles. The SMILES string of the molecule is CC(=O)/C=C(/C)O.[Ir].[c-]1ccccc1C1=NCCN1Cc1ccccc1. The molecule has 1 aliphatic rings. The second-order valence-corrected chi connectivity index (χ2v) is 5.79. The standard InChI is InChI=1S/C16H15N2.C5H8O2.Ir/c1-3-7-14(8-4-1)13-18-12-11-17-16(18)15-9-5-2-6-10-15;1-4(6)3-5(2)7;/h1-9H,11-13H2;3,6H,1-2H3;/q-1;;/b;4-3-;. The first-order valence-electron chi connectivity index (χ1n) is 8.24. The van der Waals surface area contributed by atoms with Gasteiger partial charge in [0.2, 0.25) is 0 Å². The Labute approximate surface area is 168 Å². The van der Waals surface area contributed by atoms with Crippen LogP contribution in [0.5, 0.6) is 0 Å². The van der Waals surface area contributed by atoms with E-state index in [-0.39, 0.29) is 31.6 Å². The Balaban J connectivity index is 0.000000366. The summed E-state index contributed by atoms with van der Waals surface area (Å²) in [6.45, 7) is 5.64. The van der Waals surface area contributed by atoms with E-state index in [4.69, 9.17) is 5.11 Å². The molecule has 26 heavy (non-hydrogen) atoms. The Kier molecular flexibility index (Phi) is 9.56. The third kappa shape index (κ3) is 7.34. The molecular weight excluding hydrogens is 504 g/mol. The minimum absolute atomic E-state index is 0. The number of carbonyl (C=O) groups excluding carboxylic acids is 1. The Morgan fingerprint density at radius 1 is 1.19 bits per heavy atom. The quantitative estimate of drug-likeness (QED) is 0.374. The van der Waals surface area contributed by atoms with Crippen molar-refractivity contribution in [3.8, 4) is 0 Å². The molecule has 1 radical (unpaired) electrons. The van der Waals surface area contributed by atoms with Gasteiger partial charge in [-0.15, -0.1) is 35.9 Å². The molecule has 5 heteroatoms. The first-order valence-corrected chi connectivity index (χ1v) is 8.24. The molecule has 0 saturated carbocycles. The van der Waals surface area contributed by atoms with Gasteiger partial charge in [0.1, 0.15) is 0 Å². The van der Waals surface area contributed by atoms with E-state index in [1.54, 1.807) is 0 Å². The summed E-state index contributed by atoms with van der Waals surface area (Å²) in [5.41, 5.74) is 2.41. The molecule has 1 N–H and O–H groups in total. The topological polar surface area (TPSA) is 52.9 Å². The minimum Gasteiger partial charge on any atom is -0.512 e. The van der Waals surface area contributed by atoms with Crippen LogP contribution in [0.15, 0.2) is 71.4 Å². The molecule has 139 valence electrons. The number of aliphatic hydroxyl groups is 1. The maximum atomic E-state index is 10.0. The van der Waals surface area contributed by atoms with E-state index in [1.807, 2.05) is 24.3 Å². The van der Waals surface area contributed by atoms with Crippen molar-refractivity contribution < 1.29 is 30.0 Å². The van der Waals surface area contributed by atoms with Crippen LogP contribution in [0, 0.1) is 6.07 Å². The number of hydrogen-bond acceptors (Lipinski definition) is 4. The maximum absolute atomic E-state index is 10.0. The fourth-order valence-corrected chi connectivity index (χ4v) is 2.52. The first kappa shape index (κ1) is 21.8. The summed E-state index contributed by atoms with van der Waals surface area (Å²) in [4.78, 5) is 16.9. The Hall–Kier alpha value is -2.23. The van der Waals surface area contributed by atoms with E-state index in [2.05, 4.69) is 46.3 Å². The van der Waals surface area contributed by atoms with Gasteiger partial charge in [-0.25, -0.2) is 0 Å². The summed E-state index contributed by atoms with van der Waals surface area (Å²) in [6.07, 6.45) is 1.17. The van der Waals surface area contributed by atoms with Crippen LogP contribution in [0.3, 0.4) is 0 Å². The van der Waals surface area contributed by atoms with E-state index in [0.717, 1.165) is 31.0 Å². The molecule has 1 aliphatic heterocycles.